The van der Waals surface area contributed by atoms with Gasteiger partial charge in [0.25, 0.3) is 0 Å². The van der Waals surface area contributed by atoms with Gasteiger partial charge >= 0.3 is 6.03 Å². The second-order valence-electron chi connectivity index (χ2n) is 9.60. The van der Waals surface area contributed by atoms with Crippen molar-refractivity contribution in [3.8, 4) is 0 Å². The molecule has 0 saturated carbocycles. The summed E-state index contributed by atoms with van der Waals surface area (Å²) in [7, 11) is 0. The Labute approximate surface area is 198 Å². The Hall–Kier alpha value is -1.48. The molecule has 2 heterocycles. The molecule has 2 aliphatic heterocycles. The van der Waals surface area contributed by atoms with Crippen molar-refractivity contribution in [2.24, 2.45) is 11.7 Å². The Morgan fingerprint density at radius 3 is 2.27 bits per heavy atom. The Morgan fingerprint density at radius 2 is 1.73 bits per heavy atom. The van der Waals surface area contributed by atoms with Crippen LogP contribution in [0.15, 0.2) is 12.3 Å². The van der Waals surface area contributed by atoms with Crippen LogP contribution in [0.25, 0.3) is 0 Å². The van der Waals surface area contributed by atoms with Crippen molar-refractivity contribution < 1.29 is 24.5 Å². The lowest BCUT2D eigenvalue weighted by Crippen LogP contribution is -2.66. The van der Waals surface area contributed by atoms with Crippen LogP contribution in [0.3, 0.4) is 0 Å². The van der Waals surface area contributed by atoms with Crippen LogP contribution < -0.4 is 11.1 Å². The van der Waals surface area contributed by atoms with Gasteiger partial charge in [0.05, 0.1) is 12.7 Å². The normalized spacial score (nSPS) is 28.2. The van der Waals surface area contributed by atoms with E-state index in [1.807, 2.05) is 0 Å². The molecule has 0 bridgehead atoms. The SMILES string of the molecule is CCCCCCCCC(CCCCCC)C(=O)C1(N)C=CN([C@H]2C[C@H](O)[C@@H](CO)O2)C(=O)N1. The molecule has 2 aliphatic rings. The monoisotopic (exact) mass is 467 g/mol. The van der Waals surface area contributed by atoms with Gasteiger partial charge in [-0.1, -0.05) is 78.1 Å². The van der Waals surface area contributed by atoms with E-state index >= 15 is 0 Å². The fourth-order valence-corrected chi connectivity index (χ4v) is 4.70. The molecular weight excluding hydrogens is 422 g/mol. The number of hydrogen-bond donors (Lipinski definition) is 4. The van der Waals surface area contributed by atoms with E-state index in [4.69, 9.17) is 10.5 Å². The fourth-order valence-electron chi connectivity index (χ4n) is 4.70. The van der Waals surface area contributed by atoms with Crippen molar-refractivity contribution in [3.05, 3.63) is 12.3 Å². The van der Waals surface area contributed by atoms with E-state index in [1.165, 1.54) is 42.9 Å². The highest BCUT2D eigenvalue weighted by molar-refractivity contribution is 5.96. The molecule has 1 fully saturated rings. The molecule has 0 aromatic heterocycles. The Balaban J connectivity index is 2.00. The standard InChI is InChI=1S/C25H45N3O5/c1-3-5-7-9-10-12-14-19(13-11-8-6-4-2)23(31)25(26)15-16-28(24(32)27-25)22-17-20(30)21(18-29)33-22/h15-16,19-22,29-30H,3-14,17-18,26H2,1-2H3,(H,27,32)/t19?,20-,21+,22+,25?/m0/s1. The maximum absolute atomic E-state index is 13.5. The number of unbranched alkanes of at least 4 members (excludes halogenated alkanes) is 8. The predicted octanol–water partition coefficient (Wildman–Crippen LogP) is 3.55. The van der Waals surface area contributed by atoms with Gasteiger partial charge in [-0.2, -0.15) is 0 Å². The second kappa shape index (κ2) is 14.0. The van der Waals surface area contributed by atoms with Crippen molar-refractivity contribution >= 4 is 11.8 Å². The highest BCUT2D eigenvalue weighted by Crippen LogP contribution is 2.28. The van der Waals surface area contributed by atoms with Gasteiger partial charge in [0, 0.05) is 18.5 Å². The van der Waals surface area contributed by atoms with Gasteiger partial charge in [0.1, 0.15) is 12.3 Å². The third-order valence-electron chi connectivity index (χ3n) is 6.83. The summed E-state index contributed by atoms with van der Waals surface area (Å²) in [4.78, 5) is 27.5. The number of nitrogens with zero attached hydrogens (tertiary/aromatic N) is 1. The van der Waals surface area contributed by atoms with Gasteiger partial charge in [-0.25, -0.2) is 4.79 Å². The minimum absolute atomic E-state index is 0.141. The topological polar surface area (TPSA) is 125 Å². The molecule has 5 atom stereocenters. The van der Waals surface area contributed by atoms with Crippen molar-refractivity contribution in [1.82, 2.24) is 10.2 Å². The molecule has 2 amide bonds. The average Bonchev–Trinajstić information content (AvgIpc) is 3.17. The van der Waals surface area contributed by atoms with Gasteiger partial charge < -0.3 is 20.3 Å². The number of amides is 2. The van der Waals surface area contributed by atoms with Crippen LogP contribution in [0.5, 0.6) is 0 Å². The summed E-state index contributed by atoms with van der Waals surface area (Å²) in [6.07, 6.45) is 13.8. The number of aliphatic hydroxyl groups excluding tert-OH is 2. The lowest BCUT2D eigenvalue weighted by Gasteiger charge is -2.37. The lowest BCUT2D eigenvalue weighted by atomic mass is 9.84. The summed E-state index contributed by atoms with van der Waals surface area (Å²) in [5.74, 6) is -0.324. The Bertz CT molecular complexity index is 644. The average molecular weight is 468 g/mol. The number of nitrogens with one attached hydrogen (secondary N) is 1. The zero-order chi connectivity index (χ0) is 24.3. The van der Waals surface area contributed by atoms with Crippen molar-refractivity contribution in [1.29, 1.82) is 0 Å². The molecule has 1 saturated heterocycles. The highest BCUT2D eigenvalue weighted by atomic mass is 16.5. The van der Waals surface area contributed by atoms with E-state index in [-0.39, 0.29) is 24.7 Å². The van der Waals surface area contributed by atoms with E-state index < -0.39 is 30.1 Å². The first-order chi connectivity index (χ1) is 15.9. The third-order valence-corrected chi connectivity index (χ3v) is 6.83. The van der Waals surface area contributed by atoms with Crippen LogP contribution in [0.2, 0.25) is 0 Å². The van der Waals surface area contributed by atoms with Crippen LogP contribution in [-0.4, -0.2) is 57.6 Å². The number of Topliss-reactive ketones (excluding diaryl/α,β-unsaturated/α-hetero) is 1. The molecule has 190 valence electrons. The summed E-state index contributed by atoms with van der Waals surface area (Å²) in [6.45, 7) is 4.04. The molecular formula is C25H45N3O5. The number of carbonyl (C=O) groups excluding carboxylic acids is 2. The molecule has 2 rings (SSSR count). The first kappa shape index (κ1) is 27.8. The van der Waals surface area contributed by atoms with Gasteiger partial charge in [-0.05, 0) is 18.9 Å². The zero-order valence-electron chi connectivity index (χ0n) is 20.5. The van der Waals surface area contributed by atoms with Crippen LogP contribution in [-0.2, 0) is 9.53 Å². The predicted molar refractivity (Wildman–Crippen MR) is 128 cm³/mol. The van der Waals surface area contributed by atoms with E-state index in [0.717, 1.165) is 51.4 Å². The Morgan fingerprint density at radius 1 is 1.15 bits per heavy atom. The lowest BCUT2D eigenvalue weighted by molar-refractivity contribution is -0.128. The van der Waals surface area contributed by atoms with Crippen LogP contribution in [0.1, 0.15) is 97.3 Å². The van der Waals surface area contributed by atoms with E-state index in [0.29, 0.717) is 0 Å². The van der Waals surface area contributed by atoms with Crippen molar-refractivity contribution in [3.63, 3.8) is 0 Å². The van der Waals surface area contributed by atoms with Crippen LogP contribution in [0, 0.1) is 5.92 Å². The molecule has 0 radical (unpaired) electrons. The largest absolute Gasteiger partial charge is 0.394 e. The summed E-state index contributed by atoms with van der Waals surface area (Å²) in [5, 5.41) is 21.9. The molecule has 33 heavy (non-hydrogen) atoms. The van der Waals surface area contributed by atoms with Gasteiger partial charge in [-0.3, -0.25) is 15.4 Å². The Kier molecular flexibility index (Phi) is 11.8. The molecule has 0 spiro atoms. The highest BCUT2D eigenvalue weighted by Gasteiger charge is 2.44. The summed E-state index contributed by atoms with van der Waals surface area (Å²) >= 11 is 0. The molecule has 8 heteroatoms. The number of nitrogens with two attached hydrogens (primary N) is 1. The van der Waals surface area contributed by atoms with Gasteiger partial charge in [0.2, 0.25) is 0 Å². The quantitative estimate of drug-likeness (QED) is 0.257. The number of rotatable bonds is 16. The number of carbonyl (C=O) groups is 2. The molecule has 8 nitrogen and oxygen atoms in total. The maximum atomic E-state index is 13.5. The second-order valence-corrected chi connectivity index (χ2v) is 9.60. The van der Waals surface area contributed by atoms with Crippen molar-refractivity contribution in [2.45, 2.75) is 121 Å². The molecule has 0 aromatic rings. The van der Waals surface area contributed by atoms with Gasteiger partial charge in [0.15, 0.2) is 11.4 Å². The minimum Gasteiger partial charge on any atom is -0.394 e. The first-order valence-corrected chi connectivity index (χ1v) is 12.9. The van der Waals surface area contributed by atoms with E-state index in [2.05, 4.69) is 19.2 Å². The number of aliphatic hydroxyl groups is 2. The number of hydrogen-bond acceptors (Lipinski definition) is 6. The number of ketones is 1. The third kappa shape index (κ3) is 8.05. The van der Waals surface area contributed by atoms with E-state index in [1.54, 1.807) is 0 Å². The molecule has 0 aromatic carbocycles. The summed E-state index contributed by atoms with van der Waals surface area (Å²) in [5.41, 5.74) is 4.87. The minimum atomic E-state index is -1.54. The molecule has 0 aliphatic carbocycles. The van der Waals surface area contributed by atoms with Crippen LogP contribution in [0.4, 0.5) is 4.79 Å². The summed E-state index contributed by atoms with van der Waals surface area (Å²) < 4.78 is 5.57. The first-order valence-electron chi connectivity index (χ1n) is 12.9. The van der Waals surface area contributed by atoms with Crippen LogP contribution >= 0.6 is 0 Å². The maximum Gasteiger partial charge on any atom is 0.325 e. The smallest absolute Gasteiger partial charge is 0.325 e. The zero-order valence-corrected chi connectivity index (χ0v) is 20.5. The van der Waals surface area contributed by atoms with Crippen molar-refractivity contribution in [2.75, 3.05) is 6.61 Å². The number of urea groups is 1. The molecule has 5 N–H and O–H groups in total. The van der Waals surface area contributed by atoms with E-state index in [9.17, 15) is 19.8 Å². The molecule has 2 unspecified atom stereocenters. The fraction of sp³-hybridized carbons (Fsp3) is 0.840. The summed E-state index contributed by atoms with van der Waals surface area (Å²) in [6, 6.07) is -0.534. The number of ether oxygens (including phenoxy) is 1. The van der Waals surface area contributed by atoms with Gasteiger partial charge in [-0.15, -0.1) is 0 Å².